The third kappa shape index (κ3) is 5.73. The third-order valence-electron chi connectivity index (χ3n) is 3.80. The third-order valence-corrected chi connectivity index (χ3v) is 3.80. The number of ether oxygens (including phenoxy) is 1. The Bertz CT molecular complexity index is 399. The number of halogens is 3. The van der Waals surface area contributed by atoms with Gasteiger partial charge in [-0.05, 0) is 18.8 Å². The molecular weight excluding hydrogens is 299 g/mol. The van der Waals surface area contributed by atoms with E-state index in [1.807, 2.05) is 11.8 Å². The van der Waals surface area contributed by atoms with Crippen LogP contribution in [0, 0.1) is 11.8 Å². The van der Waals surface area contributed by atoms with E-state index in [1.54, 1.807) is 7.05 Å². The number of hydrogen-bond acceptors (Lipinski definition) is 3. The normalized spacial score (nSPS) is 22.8. The standard InChI is InChI=1S/C14H24F3N3O2/c1-10-8-20(9-11(10)12(21)22-3)13(18-2)19-7-5-4-6-14(15,16)17/h10-11H,4-9H2,1-3H3,(H,18,19). The monoisotopic (exact) mass is 323 g/mol. The average Bonchev–Trinajstić information content (AvgIpc) is 2.82. The number of nitrogens with zero attached hydrogens (tertiary/aromatic N) is 2. The zero-order chi connectivity index (χ0) is 16.8. The number of hydrogen-bond donors (Lipinski definition) is 1. The minimum absolute atomic E-state index is 0.0919. The molecule has 1 fully saturated rings. The highest BCUT2D eigenvalue weighted by molar-refractivity contribution is 5.82. The SMILES string of the molecule is CN=C(NCCCCC(F)(F)F)N1CC(C)C(C(=O)OC)C1. The molecular formula is C14H24F3N3O2. The van der Waals surface area contributed by atoms with Gasteiger partial charge in [0, 0.05) is 33.1 Å². The molecule has 0 aromatic heterocycles. The number of guanidine groups is 1. The van der Waals surface area contributed by atoms with Crippen LogP contribution in [-0.2, 0) is 9.53 Å². The lowest BCUT2D eigenvalue weighted by Gasteiger charge is -2.21. The molecule has 1 saturated heterocycles. The summed E-state index contributed by atoms with van der Waals surface area (Å²) in [6.45, 7) is 3.58. The Morgan fingerprint density at radius 2 is 2.05 bits per heavy atom. The van der Waals surface area contributed by atoms with Gasteiger partial charge in [0.2, 0.25) is 0 Å². The Labute approximate surface area is 128 Å². The van der Waals surface area contributed by atoms with Crippen molar-refractivity contribution in [3.05, 3.63) is 0 Å². The predicted molar refractivity (Wildman–Crippen MR) is 77.5 cm³/mol. The highest BCUT2D eigenvalue weighted by Gasteiger charge is 2.36. The summed E-state index contributed by atoms with van der Waals surface area (Å²) >= 11 is 0. The van der Waals surface area contributed by atoms with Crippen LogP contribution in [0.1, 0.15) is 26.2 Å². The van der Waals surface area contributed by atoms with Gasteiger partial charge in [-0.2, -0.15) is 13.2 Å². The maximum Gasteiger partial charge on any atom is 0.389 e. The van der Waals surface area contributed by atoms with Gasteiger partial charge in [-0.3, -0.25) is 9.79 Å². The van der Waals surface area contributed by atoms with Gasteiger partial charge in [0.05, 0.1) is 13.0 Å². The second-order valence-electron chi connectivity index (χ2n) is 5.56. The van der Waals surface area contributed by atoms with E-state index in [9.17, 15) is 18.0 Å². The number of aliphatic imine (C=N–C) groups is 1. The lowest BCUT2D eigenvalue weighted by atomic mass is 9.99. The summed E-state index contributed by atoms with van der Waals surface area (Å²) in [5, 5.41) is 3.05. The van der Waals surface area contributed by atoms with Gasteiger partial charge >= 0.3 is 12.1 Å². The lowest BCUT2D eigenvalue weighted by molar-refractivity contribution is -0.146. The van der Waals surface area contributed by atoms with Crippen LogP contribution in [0.5, 0.6) is 0 Å². The quantitative estimate of drug-likeness (QED) is 0.364. The van der Waals surface area contributed by atoms with Crippen LogP contribution >= 0.6 is 0 Å². The van der Waals surface area contributed by atoms with E-state index in [-0.39, 0.29) is 24.2 Å². The first-order chi connectivity index (χ1) is 10.3. The fourth-order valence-corrected chi connectivity index (χ4v) is 2.58. The number of rotatable bonds is 5. The zero-order valence-electron chi connectivity index (χ0n) is 13.2. The van der Waals surface area contributed by atoms with E-state index in [2.05, 4.69) is 10.3 Å². The fourth-order valence-electron chi connectivity index (χ4n) is 2.58. The second kappa shape index (κ2) is 8.24. The van der Waals surface area contributed by atoms with Crippen LogP contribution < -0.4 is 5.32 Å². The number of esters is 1. The van der Waals surface area contributed by atoms with Gasteiger partial charge in [0.15, 0.2) is 5.96 Å². The first-order valence-electron chi connectivity index (χ1n) is 7.38. The Morgan fingerprint density at radius 1 is 1.36 bits per heavy atom. The molecule has 5 nitrogen and oxygen atoms in total. The molecule has 0 aliphatic carbocycles. The Balaban J connectivity index is 2.38. The molecule has 128 valence electrons. The van der Waals surface area contributed by atoms with Crippen molar-refractivity contribution in [3.8, 4) is 0 Å². The summed E-state index contributed by atoms with van der Waals surface area (Å²) in [5.41, 5.74) is 0. The summed E-state index contributed by atoms with van der Waals surface area (Å²) in [7, 11) is 2.99. The molecule has 0 spiro atoms. The Hall–Kier alpha value is -1.47. The molecule has 0 amide bonds. The molecule has 0 radical (unpaired) electrons. The Kier molecular flexibility index (Phi) is 6.96. The van der Waals surface area contributed by atoms with Crippen LogP contribution in [0.2, 0.25) is 0 Å². The molecule has 1 aliphatic heterocycles. The summed E-state index contributed by atoms with van der Waals surface area (Å²) in [6, 6.07) is 0. The minimum Gasteiger partial charge on any atom is -0.469 e. The molecule has 1 N–H and O–H groups in total. The second-order valence-corrected chi connectivity index (χ2v) is 5.56. The summed E-state index contributed by atoms with van der Waals surface area (Å²) in [6.07, 6.45) is -4.35. The van der Waals surface area contributed by atoms with Crippen LogP contribution in [0.15, 0.2) is 4.99 Å². The lowest BCUT2D eigenvalue weighted by Crippen LogP contribution is -2.41. The van der Waals surface area contributed by atoms with Gasteiger partial charge in [0.25, 0.3) is 0 Å². The number of carbonyl (C=O) groups excluding carboxylic acids is 1. The molecule has 2 atom stereocenters. The number of unbranched alkanes of at least 4 members (excludes halogenated alkanes) is 1. The van der Waals surface area contributed by atoms with Gasteiger partial charge < -0.3 is 15.0 Å². The van der Waals surface area contributed by atoms with E-state index in [4.69, 9.17) is 4.74 Å². The zero-order valence-corrected chi connectivity index (χ0v) is 13.2. The number of alkyl halides is 3. The molecule has 0 aromatic rings. The van der Waals surface area contributed by atoms with Crippen LogP contribution in [0.4, 0.5) is 13.2 Å². The van der Waals surface area contributed by atoms with E-state index < -0.39 is 12.6 Å². The van der Waals surface area contributed by atoms with Gasteiger partial charge in [-0.15, -0.1) is 0 Å². The summed E-state index contributed by atoms with van der Waals surface area (Å²) < 4.78 is 40.9. The maximum atomic E-state index is 12.1. The molecule has 1 rings (SSSR count). The first-order valence-corrected chi connectivity index (χ1v) is 7.38. The number of methoxy groups -OCH3 is 1. The van der Waals surface area contributed by atoms with Crippen molar-refractivity contribution < 1.29 is 22.7 Å². The largest absolute Gasteiger partial charge is 0.469 e. The molecule has 0 saturated carbocycles. The van der Waals surface area contributed by atoms with Crippen molar-refractivity contribution in [2.24, 2.45) is 16.8 Å². The van der Waals surface area contributed by atoms with Crippen molar-refractivity contribution in [2.75, 3.05) is 33.8 Å². The van der Waals surface area contributed by atoms with Crippen molar-refractivity contribution in [1.82, 2.24) is 10.2 Å². The number of likely N-dealkylation sites (tertiary alicyclic amines) is 1. The fraction of sp³-hybridized carbons (Fsp3) is 0.857. The van der Waals surface area contributed by atoms with Crippen molar-refractivity contribution in [2.45, 2.75) is 32.4 Å². The van der Waals surface area contributed by atoms with E-state index in [0.717, 1.165) is 0 Å². The van der Waals surface area contributed by atoms with Crippen LogP contribution in [0.3, 0.4) is 0 Å². The molecule has 8 heteroatoms. The molecule has 0 aromatic carbocycles. The van der Waals surface area contributed by atoms with Crippen LogP contribution in [0.25, 0.3) is 0 Å². The van der Waals surface area contributed by atoms with E-state index in [1.165, 1.54) is 7.11 Å². The van der Waals surface area contributed by atoms with Gasteiger partial charge in [0.1, 0.15) is 0 Å². The smallest absolute Gasteiger partial charge is 0.389 e. The van der Waals surface area contributed by atoms with E-state index in [0.29, 0.717) is 32.0 Å². The highest BCUT2D eigenvalue weighted by Crippen LogP contribution is 2.24. The molecule has 22 heavy (non-hydrogen) atoms. The minimum atomic E-state index is -4.10. The summed E-state index contributed by atoms with van der Waals surface area (Å²) in [4.78, 5) is 17.7. The van der Waals surface area contributed by atoms with Crippen molar-refractivity contribution in [3.63, 3.8) is 0 Å². The number of carbonyl (C=O) groups is 1. The van der Waals surface area contributed by atoms with Gasteiger partial charge in [-0.1, -0.05) is 6.92 Å². The molecule has 0 bridgehead atoms. The molecule has 1 aliphatic rings. The first kappa shape index (κ1) is 18.6. The topological polar surface area (TPSA) is 53.9 Å². The van der Waals surface area contributed by atoms with Crippen molar-refractivity contribution in [1.29, 1.82) is 0 Å². The summed E-state index contributed by atoms with van der Waals surface area (Å²) in [5.74, 6) is 0.325. The molecule has 1 heterocycles. The predicted octanol–water partition coefficient (Wildman–Crippen LogP) is 2.04. The van der Waals surface area contributed by atoms with E-state index >= 15 is 0 Å². The highest BCUT2D eigenvalue weighted by atomic mass is 19.4. The average molecular weight is 323 g/mol. The van der Waals surface area contributed by atoms with Crippen molar-refractivity contribution >= 4 is 11.9 Å². The maximum absolute atomic E-state index is 12.1. The molecule has 2 unspecified atom stereocenters. The number of nitrogens with one attached hydrogen (secondary N) is 1. The Morgan fingerprint density at radius 3 is 2.59 bits per heavy atom. The van der Waals surface area contributed by atoms with Crippen LogP contribution in [-0.4, -0.2) is 56.8 Å². The van der Waals surface area contributed by atoms with Gasteiger partial charge in [-0.25, -0.2) is 0 Å².